The number of hydrogen-bond acceptors (Lipinski definition) is 1. The highest BCUT2D eigenvalue weighted by atomic mass is 15.4. The molecular formula is C13H15N3. The summed E-state index contributed by atoms with van der Waals surface area (Å²) >= 11 is 0. The molecule has 0 radical (unpaired) electrons. The fourth-order valence-electron chi connectivity index (χ4n) is 2.33. The molecule has 16 heavy (non-hydrogen) atoms. The second-order valence-corrected chi connectivity index (χ2v) is 4.20. The van der Waals surface area contributed by atoms with Crippen LogP contribution in [0.15, 0.2) is 30.5 Å². The molecule has 82 valence electrons. The second kappa shape index (κ2) is 3.37. The molecule has 0 aliphatic carbocycles. The standard InChI is InChI=1S/C13H15N3/c1-3-6-12-14-15(2)13-11-8-5-4-7-10(11)9-16(12)13/h4-5,7-9H,3,6H2,1-2H3. The predicted molar refractivity (Wildman–Crippen MR) is 65.7 cm³/mol. The summed E-state index contributed by atoms with van der Waals surface area (Å²) in [4.78, 5) is 0. The van der Waals surface area contributed by atoms with Crippen molar-refractivity contribution in [3.8, 4) is 0 Å². The van der Waals surface area contributed by atoms with E-state index in [1.807, 2.05) is 11.7 Å². The molecule has 3 nitrogen and oxygen atoms in total. The molecule has 0 atom stereocenters. The van der Waals surface area contributed by atoms with Gasteiger partial charge in [-0.3, -0.25) is 4.40 Å². The normalized spacial score (nSPS) is 11.6. The Bertz CT molecular complexity index is 646. The monoisotopic (exact) mass is 213 g/mol. The van der Waals surface area contributed by atoms with Gasteiger partial charge in [0.15, 0.2) is 0 Å². The molecule has 1 aromatic carbocycles. The SMILES string of the molecule is CCCc1nn(C)c2c3ccccc3cn12. The van der Waals surface area contributed by atoms with Gasteiger partial charge in [-0.25, -0.2) is 4.68 Å². The Kier molecular flexibility index (Phi) is 1.99. The van der Waals surface area contributed by atoms with Gasteiger partial charge in [0.25, 0.3) is 0 Å². The minimum Gasteiger partial charge on any atom is -0.287 e. The smallest absolute Gasteiger partial charge is 0.142 e. The first-order chi connectivity index (χ1) is 7.81. The summed E-state index contributed by atoms with van der Waals surface area (Å²) in [5.41, 5.74) is 1.19. The lowest BCUT2D eigenvalue weighted by Crippen LogP contribution is -1.93. The molecular weight excluding hydrogens is 198 g/mol. The summed E-state index contributed by atoms with van der Waals surface area (Å²) in [7, 11) is 2.01. The molecule has 0 saturated carbocycles. The van der Waals surface area contributed by atoms with E-state index in [0.29, 0.717) is 0 Å². The summed E-state index contributed by atoms with van der Waals surface area (Å²) in [6, 6.07) is 8.46. The van der Waals surface area contributed by atoms with E-state index < -0.39 is 0 Å². The molecule has 0 saturated heterocycles. The van der Waals surface area contributed by atoms with Gasteiger partial charge in [-0.15, -0.1) is 0 Å². The summed E-state index contributed by atoms with van der Waals surface area (Å²) in [6.07, 6.45) is 4.33. The van der Waals surface area contributed by atoms with Gasteiger partial charge in [0, 0.05) is 30.4 Å². The third-order valence-corrected chi connectivity index (χ3v) is 3.02. The Labute approximate surface area is 94.3 Å². The molecule has 0 bridgehead atoms. The van der Waals surface area contributed by atoms with Crippen LogP contribution < -0.4 is 0 Å². The molecule has 3 rings (SSSR count). The number of hydrogen-bond donors (Lipinski definition) is 0. The topological polar surface area (TPSA) is 22.2 Å². The van der Waals surface area contributed by atoms with Crippen LogP contribution in [-0.2, 0) is 13.5 Å². The lowest BCUT2D eigenvalue weighted by atomic mass is 10.2. The quantitative estimate of drug-likeness (QED) is 0.641. The van der Waals surface area contributed by atoms with E-state index in [0.717, 1.165) is 18.7 Å². The molecule has 2 heterocycles. The van der Waals surface area contributed by atoms with Crippen LogP contribution >= 0.6 is 0 Å². The van der Waals surface area contributed by atoms with Crippen molar-refractivity contribution >= 4 is 16.4 Å². The lowest BCUT2D eigenvalue weighted by molar-refractivity contribution is 0.745. The number of rotatable bonds is 2. The third-order valence-electron chi connectivity index (χ3n) is 3.02. The van der Waals surface area contributed by atoms with Crippen LogP contribution in [0, 0.1) is 0 Å². The first kappa shape index (κ1) is 9.46. The van der Waals surface area contributed by atoms with Crippen molar-refractivity contribution in [3.63, 3.8) is 0 Å². The summed E-state index contributed by atoms with van der Waals surface area (Å²) in [5, 5.41) is 7.13. The maximum Gasteiger partial charge on any atom is 0.142 e. The Balaban J connectivity index is 2.41. The van der Waals surface area contributed by atoms with Crippen molar-refractivity contribution in [2.75, 3.05) is 0 Å². The van der Waals surface area contributed by atoms with Crippen molar-refractivity contribution in [2.45, 2.75) is 19.8 Å². The number of nitrogens with zero attached hydrogens (tertiary/aromatic N) is 3. The van der Waals surface area contributed by atoms with Gasteiger partial charge < -0.3 is 0 Å². The minimum absolute atomic E-state index is 1.03. The summed E-state index contributed by atoms with van der Waals surface area (Å²) in [6.45, 7) is 2.18. The Morgan fingerprint density at radius 3 is 2.88 bits per heavy atom. The van der Waals surface area contributed by atoms with Gasteiger partial charge in [0.05, 0.1) is 0 Å². The zero-order valence-electron chi connectivity index (χ0n) is 9.64. The Morgan fingerprint density at radius 1 is 1.25 bits per heavy atom. The van der Waals surface area contributed by atoms with E-state index in [2.05, 4.69) is 46.9 Å². The number of benzene rings is 1. The van der Waals surface area contributed by atoms with Gasteiger partial charge in [0.1, 0.15) is 11.5 Å². The first-order valence-corrected chi connectivity index (χ1v) is 5.73. The van der Waals surface area contributed by atoms with Crippen LogP contribution in [0.25, 0.3) is 16.4 Å². The van der Waals surface area contributed by atoms with Gasteiger partial charge in [-0.05, 0) is 6.42 Å². The van der Waals surface area contributed by atoms with Crippen LogP contribution in [0.5, 0.6) is 0 Å². The van der Waals surface area contributed by atoms with Crippen LogP contribution in [0.4, 0.5) is 0 Å². The molecule has 3 heteroatoms. The highest BCUT2D eigenvalue weighted by Gasteiger charge is 2.11. The van der Waals surface area contributed by atoms with E-state index >= 15 is 0 Å². The second-order valence-electron chi connectivity index (χ2n) is 4.20. The van der Waals surface area contributed by atoms with Crippen molar-refractivity contribution in [3.05, 3.63) is 36.3 Å². The zero-order chi connectivity index (χ0) is 11.1. The fraction of sp³-hybridized carbons (Fsp3) is 0.308. The maximum absolute atomic E-state index is 4.57. The molecule has 0 fully saturated rings. The van der Waals surface area contributed by atoms with E-state index in [9.17, 15) is 0 Å². The highest BCUT2D eigenvalue weighted by molar-refractivity contribution is 5.95. The molecule has 2 aromatic heterocycles. The van der Waals surface area contributed by atoms with Crippen LogP contribution in [-0.4, -0.2) is 14.2 Å². The predicted octanol–water partition coefficient (Wildman–Crippen LogP) is 2.78. The van der Waals surface area contributed by atoms with E-state index in [1.54, 1.807) is 0 Å². The van der Waals surface area contributed by atoms with Crippen molar-refractivity contribution in [1.82, 2.24) is 14.2 Å². The van der Waals surface area contributed by atoms with Crippen LogP contribution in [0.2, 0.25) is 0 Å². The van der Waals surface area contributed by atoms with Crippen molar-refractivity contribution in [2.24, 2.45) is 7.05 Å². The molecule has 0 aliphatic heterocycles. The molecule has 0 amide bonds. The molecule has 0 spiro atoms. The maximum atomic E-state index is 4.57. The third kappa shape index (κ3) is 1.18. The number of aromatic nitrogens is 3. The van der Waals surface area contributed by atoms with E-state index in [4.69, 9.17) is 0 Å². The van der Waals surface area contributed by atoms with Crippen molar-refractivity contribution in [1.29, 1.82) is 0 Å². The summed E-state index contributed by atoms with van der Waals surface area (Å²) < 4.78 is 4.20. The van der Waals surface area contributed by atoms with Crippen LogP contribution in [0.1, 0.15) is 19.2 Å². The Morgan fingerprint density at radius 2 is 2.06 bits per heavy atom. The van der Waals surface area contributed by atoms with E-state index in [1.165, 1.54) is 16.4 Å². The first-order valence-electron chi connectivity index (χ1n) is 5.73. The number of aryl methyl sites for hydroxylation is 2. The van der Waals surface area contributed by atoms with Gasteiger partial charge in [-0.2, -0.15) is 5.10 Å². The average molecular weight is 213 g/mol. The zero-order valence-corrected chi connectivity index (χ0v) is 9.64. The molecule has 0 aliphatic rings. The average Bonchev–Trinajstić information content (AvgIpc) is 2.79. The lowest BCUT2D eigenvalue weighted by Gasteiger charge is -1.91. The summed E-state index contributed by atoms with van der Waals surface area (Å²) in [5.74, 6) is 1.15. The molecule has 3 aromatic rings. The minimum atomic E-state index is 1.03. The van der Waals surface area contributed by atoms with Gasteiger partial charge >= 0.3 is 0 Å². The van der Waals surface area contributed by atoms with E-state index in [-0.39, 0.29) is 0 Å². The van der Waals surface area contributed by atoms with Crippen molar-refractivity contribution < 1.29 is 0 Å². The number of fused-ring (bicyclic) bond motifs is 3. The molecule has 0 unspecified atom stereocenters. The Hall–Kier alpha value is -1.77. The molecule has 0 N–H and O–H groups in total. The van der Waals surface area contributed by atoms with Gasteiger partial charge in [0.2, 0.25) is 0 Å². The fourth-order valence-corrected chi connectivity index (χ4v) is 2.33. The largest absolute Gasteiger partial charge is 0.287 e. The highest BCUT2D eigenvalue weighted by Crippen LogP contribution is 2.22. The van der Waals surface area contributed by atoms with Gasteiger partial charge in [-0.1, -0.05) is 31.2 Å². The van der Waals surface area contributed by atoms with Crippen LogP contribution in [0.3, 0.4) is 0 Å².